The fourth-order valence-electron chi connectivity index (χ4n) is 3.21. The van der Waals surface area contributed by atoms with Crippen molar-refractivity contribution in [2.45, 2.75) is 25.0 Å². The maximum absolute atomic E-state index is 5.96. The molecule has 1 aromatic carbocycles. The Kier molecular flexibility index (Phi) is 9.24. The molecule has 0 aromatic heterocycles. The summed E-state index contributed by atoms with van der Waals surface area (Å²) in [5, 5.41) is 4.03. The van der Waals surface area contributed by atoms with E-state index >= 15 is 0 Å². The summed E-state index contributed by atoms with van der Waals surface area (Å²) in [6.45, 7) is 4.39. The third-order valence-corrected chi connectivity index (χ3v) is 4.67. The molecule has 3 rings (SSSR count). The largest absolute Gasteiger partial charge is 0.492 e. The van der Waals surface area contributed by atoms with Crippen LogP contribution in [0.4, 0.5) is 0 Å². The maximum atomic E-state index is 5.96. The number of nitrogens with zero attached hydrogens (tertiary/aromatic N) is 2. The van der Waals surface area contributed by atoms with Crippen LogP contribution in [0.1, 0.15) is 12.8 Å². The van der Waals surface area contributed by atoms with Crippen LogP contribution >= 0.6 is 35.6 Å². The predicted molar refractivity (Wildman–Crippen MR) is 114 cm³/mol. The van der Waals surface area contributed by atoms with Gasteiger partial charge >= 0.3 is 0 Å². The van der Waals surface area contributed by atoms with Gasteiger partial charge in [0.2, 0.25) is 0 Å². The fraction of sp³-hybridized carbons (Fsp3) is 0.611. The molecule has 146 valence electrons. The van der Waals surface area contributed by atoms with Crippen LogP contribution in [-0.2, 0) is 9.47 Å². The molecule has 2 aliphatic rings. The zero-order valence-electron chi connectivity index (χ0n) is 15.0. The summed E-state index contributed by atoms with van der Waals surface area (Å²) >= 11 is 5.96. The Morgan fingerprint density at radius 2 is 2.19 bits per heavy atom. The molecule has 0 aliphatic carbocycles. The van der Waals surface area contributed by atoms with E-state index in [-0.39, 0.29) is 36.2 Å². The average Bonchev–Trinajstić information content (AvgIpc) is 3.17. The lowest BCUT2D eigenvalue weighted by molar-refractivity contribution is -0.0817. The summed E-state index contributed by atoms with van der Waals surface area (Å²) < 4.78 is 17.4. The Hall–Kier alpha value is -0.770. The van der Waals surface area contributed by atoms with E-state index < -0.39 is 0 Å². The van der Waals surface area contributed by atoms with Crippen molar-refractivity contribution in [3.63, 3.8) is 0 Å². The standard InChI is InChI=1S/C18H26ClN3O3.HI/c1-20-18(21-7-10-23-15-5-2-4-14(19)12-15)22-8-11-25-17(13-22)16-6-3-9-24-16;/h2,4-5,12,16-17H,3,6-11,13H2,1H3,(H,20,21);1H. The van der Waals surface area contributed by atoms with Crippen molar-refractivity contribution in [3.8, 4) is 5.75 Å². The summed E-state index contributed by atoms with van der Waals surface area (Å²) in [5.74, 6) is 1.65. The highest BCUT2D eigenvalue weighted by Gasteiger charge is 2.32. The van der Waals surface area contributed by atoms with Gasteiger partial charge in [0.15, 0.2) is 5.96 Å². The van der Waals surface area contributed by atoms with Crippen LogP contribution in [0.2, 0.25) is 5.02 Å². The molecular weight excluding hydrogens is 469 g/mol. The summed E-state index contributed by atoms with van der Waals surface area (Å²) in [7, 11) is 1.80. The highest BCUT2D eigenvalue weighted by atomic mass is 127. The molecule has 1 N–H and O–H groups in total. The molecule has 2 saturated heterocycles. The lowest BCUT2D eigenvalue weighted by atomic mass is 10.1. The lowest BCUT2D eigenvalue weighted by Crippen LogP contribution is -2.53. The normalized spacial score (nSPS) is 23.5. The van der Waals surface area contributed by atoms with E-state index in [2.05, 4.69) is 15.2 Å². The Labute approximate surface area is 177 Å². The Bertz CT molecular complexity index is 585. The minimum atomic E-state index is 0. The first kappa shape index (κ1) is 21.5. The van der Waals surface area contributed by atoms with Crippen molar-refractivity contribution in [2.75, 3.05) is 46.5 Å². The van der Waals surface area contributed by atoms with E-state index in [1.54, 1.807) is 7.05 Å². The Morgan fingerprint density at radius 1 is 1.35 bits per heavy atom. The Morgan fingerprint density at radius 3 is 2.92 bits per heavy atom. The zero-order valence-corrected chi connectivity index (χ0v) is 18.1. The quantitative estimate of drug-likeness (QED) is 0.295. The average molecular weight is 496 g/mol. The number of ether oxygens (including phenoxy) is 3. The number of nitrogens with one attached hydrogen (secondary N) is 1. The topological polar surface area (TPSA) is 55.3 Å². The molecule has 0 bridgehead atoms. The highest BCUT2D eigenvalue weighted by molar-refractivity contribution is 14.0. The molecule has 0 radical (unpaired) electrons. The fourth-order valence-corrected chi connectivity index (χ4v) is 3.39. The van der Waals surface area contributed by atoms with Gasteiger partial charge in [-0.15, -0.1) is 24.0 Å². The zero-order chi connectivity index (χ0) is 17.5. The third kappa shape index (κ3) is 6.14. The molecule has 0 saturated carbocycles. The summed E-state index contributed by atoms with van der Waals surface area (Å²) in [6.07, 6.45) is 2.54. The third-order valence-electron chi connectivity index (χ3n) is 4.43. The number of hydrogen-bond donors (Lipinski definition) is 1. The van der Waals surface area contributed by atoms with E-state index in [1.165, 1.54) is 0 Å². The second-order valence-electron chi connectivity index (χ2n) is 6.19. The van der Waals surface area contributed by atoms with Crippen LogP contribution in [0.25, 0.3) is 0 Å². The summed E-state index contributed by atoms with van der Waals surface area (Å²) in [4.78, 5) is 6.62. The van der Waals surface area contributed by atoms with Gasteiger partial charge < -0.3 is 24.4 Å². The van der Waals surface area contributed by atoms with Crippen molar-refractivity contribution in [1.29, 1.82) is 0 Å². The van der Waals surface area contributed by atoms with Gasteiger partial charge in [-0.3, -0.25) is 4.99 Å². The van der Waals surface area contributed by atoms with Gasteiger partial charge in [0.05, 0.1) is 19.3 Å². The first-order valence-electron chi connectivity index (χ1n) is 8.83. The van der Waals surface area contributed by atoms with Crippen molar-refractivity contribution < 1.29 is 14.2 Å². The summed E-state index contributed by atoms with van der Waals surface area (Å²) in [5.41, 5.74) is 0. The molecule has 0 amide bonds. The smallest absolute Gasteiger partial charge is 0.193 e. The van der Waals surface area contributed by atoms with Gasteiger partial charge in [-0.2, -0.15) is 0 Å². The number of rotatable bonds is 5. The monoisotopic (exact) mass is 495 g/mol. The molecule has 2 atom stereocenters. The minimum absolute atomic E-state index is 0. The number of morpholine rings is 1. The highest BCUT2D eigenvalue weighted by Crippen LogP contribution is 2.21. The van der Waals surface area contributed by atoms with Gasteiger partial charge in [0.1, 0.15) is 18.5 Å². The van der Waals surface area contributed by atoms with Crippen LogP contribution in [0.3, 0.4) is 0 Å². The number of guanidine groups is 1. The molecule has 26 heavy (non-hydrogen) atoms. The molecule has 2 heterocycles. The minimum Gasteiger partial charge on any atom is -0.492 e. The van der Waals surface area contributed by atoms with Crippen LogP contribution in [0, 0.1) is 0 Å². The number of halogens is 2. The molecular formula is C18H27ClIN3O3. The molecule has 0 spiro atoms. The van der Waals surface area contributed by atoms with E-state index in [4.69, 9.17) is 25.8 Å². The van der Waals surface area contributed by atoms with E-state index in [0.29, 0.717) is 24.8 Å². The van der Waals surface area contributed by atoms with Crippen LogP contribution in [-0.4, -0.2) is 69.6 Å². The number of benzene rings is 1. The van der Waals surface area contributed by atoms with E-state index in [0.717, 1.165) is 44.2 Å². The second kappa shape index (κ2) is 11.2. The van der Waals surface area contributed by atoms with Crippen molar-refractivity contribution in [1.82, 2.24) is 10.2 Å². The van der Waals surface area contributed by atoms with Crippen molar-refractivity contribution in [2.24, 2.45) is 4.99 Å². The van der Waals surface area contributed by atoms with Gasteiger partial charge in [0, 0.05) is 31.8 Å². The van der Waals surface area contributed by atoms with Crippen molar-refractivity contribution in [3.05, 3.63) is 29.3 Å². The summed E-state index contributed by atoms with van der Waals surface area (Å²) in [6, 6.07) is 7.42. The first-order chi connectivity index (χ1) is 12.3. The predicted octanol–water partition coefficient (Wildman–Crippen LogP) is 2.79. The van der Waals surface area contributed by atoms with Crippen LogP contribution in [0.5, 0.6) is 5.75 Å². The van der Waals surface area contributed by atoms with Gasteiger partial charge in [0.25, 0.3) is 0 Å². The first-order valence-corrected chi connectivity index (χ1v) is 9.21. The molecule has 6 nitrogen and oxygen atoms in total. The Balaban J connectivity index is 0.00000243. The number of hydrogen-bond acceptors (Lipinski definition) is 4. The van der Waals surface area contributed by atoms with E-state index in [9.17, 15) is 0 Å². The molecule has 1 aromatic rings. The number of aliphatic imine (C=N–C) groups is 1. The van der Waals surface area contributed by atoms with Gasteiger partial charge in [-0.25, -0.2) is 0 Å². The van der Waals surface area contributed by atoms with Crippen LogP contribution in [0.15, 0.2) is 29.3 Å². The maximum Gasteiger partial charge on any atom is 0.193 e. The van der Waals surface area contributed by atoms with Crippen LogP contribution < -0.4 is 10.1 Å². The molecule has 2 aliphatic heterocycles. The molecule has 8 heteroatoms. The van der Waals surface area contributed by atoms with E-state index in [1.807, 2.05) is 24.3 Å². The SMILES string of the molecule is CN=C(NCCOc1cccc(Cl)c1)N1CCOC(C2CCCO2)C1.I. The van der Waals surface area contributed by atoms with Gasteiger partial charge in [-0.1, -0.05) is 17.7 Å². The lowest BCUT2D eigenvalue weighted by Gasteiger charge is -2.37. The second-order valence-corrected chi connectivity index (χ2v) is 6.62. The molecule has 2 fully saturated rings. The van der Waals surface area contributed by atoms with Crippen molar-refractivity contribution >= 4 is 41.5 Å². The molecule has 2 unspecified atom stereocenters. The van der Waals surface area contributed by atoms with Gasteiger partial charge in [-0.05, 0) is 31.0 Å².